The van der Waals surface area contributed by atoms with E-state index >= 15 is 0 Å². The molecule has 1 aliphatic rings. The topological polar surface area (TPSA) is 75.6 Å². The van der Waals surface area contributed by atoms with Gasteiger partial charge in [0.15, 0.2) is 0 Å². The first-order valence-corrected chi connectivity index (χ1v) is 7.97. The van der Waals surface area contributed by atoms with E-state index in [-0.39, 0.29) is 4.83 Å². The molecule has 0 spiro atoms. The summed E-state index contributed by atoms with van der Waals surface area (Å²) in [5.74, 6) is -0.532. The number of carbonyl (C=O) groups is 2. The molecule has 0 aliphatic heterocycles. The molecule has 1 aliphatic carbocycles. The number of ether oxygens (including phenoxy) is 1. The number of carboxylic acids is 1. The van der Waals surface area contributed by atoms with Crippen LogP contribution in [0.25, 0.3) is 0 Å². The number of rotatable bonds is 5. The molecule has 2 N–H and O–H groups in total. The standard InChI is InChI=1S/C14H24BrNO4/c1-14(2,3)20-13(19)16-11(12(17)18)8-10(15)9-6-4-5-7-9/h9-11H,4-8H2,1-3H3,(H,16,19)(H,17,18)/t10-,11-/m0/s1. The lowest BCUT2D eigenvalue weighted by atomic mass is 9.98. The average molecular weight is 350 g/mol. The Morgan fingerprint density at radius 2 is 1.90 bits per heavy atom. The Hall–Kier alpha value is -0.780. The number of carboxylic acid groups (broad SMARTS) is 1. The SMILES string of the molecule is CC(C)(C)OC(=O)N[C@@H](C[C@H](Br)C1CCCC1)C(=O)O. The fourth-order valence-corrected chi connectivity index (χ4v) is 3.31. The van der Waals surface area contributed by atoms with E-state index in [0.29, 0.717) is 12.3 Å². The highest BCUT2D eigenvalue weighted by molar-refractivity contribution is 9.09. The van der Waals surface area contributed by atoms with Crippen molar-refractivity contribution in [2.45, 2.75) is 69.3 Å². The molecule has 20 heavy (non-hydrogen) atoms. The lowest BCUT2D eigenvalue weighted by Crippen LogP contribution is -2.45. The Labute approximate surface area is 128 Å². The van der Waals surface area contributed by atoms with Crippen LogP contribution in [-0.2, 0) is 9.53 Å². The van der Waals surface area contributed by atoms with Crippen molar-refractivity contribution in [2.75, 3.05) is 0 Å². The predicted octanol–water partition coefficient (Wildman–Crippen LogP) is 3.31. The van der Waals surface area contributed by atoms with Gasteiger partial charge in [0.1, 0.15) is 11.6 Å². The number of hydrogen-bond donors (Lipinski definition) is 2. The summed E-state index contributed by atoms with van der Waals surface area (Å²) in [6, 6.07) is -0.921. The van der Waals surface area contributed by atoms with Gasteiger partial charge in [-0.1, -0.05) is 28.8 Å². The summed E-state index contributed by atoms with van der Waals surface area (Å²) in [7, 11) is 0. The fourth-order valence-electron chi connectivity index (χ4n) is 2.41. The Bertz CT molecular complexity index is 348. The van der Waals surface area contributed by atoms with Crippen molar-refractivity contribution in [2.24, 2.45) is 5.92 Å². The van der Waals surface area contributed by atoms with Gasteiger partial charge in [0.25, 0.3) is 0 Å². The van der Waals surface area contributed by atoms with E-state index in [9.17, 15) is 14.7 Å². The van der Waals surface area contributed by atoms with Gasteiger partial charge in [0.05, 0.1) is 0 Å². The highest BCUT2D eigenvalue weighted by Gasteiger charge is 2.30. The number of alkyl halides is 1. The largest absolute Gasteiger partial charge is 0.480 e. The van der Waals surface area contributed by atoms with Gasteiger partial charge < -0.3 is 15.2 Å². The van der Waals surface area contributed by atoms with E-state index in [0.717, 1.165) is 12.8 Å². The highest BCUT2D eigenvalue weighted by atomic mass is 79.9. The number of hydrogen-bond acceptors (Lipinski definition) is 3. The maximum absolute atomic E-state index is 11.7. The average Bonchev–Trinajstić information content (AvgIpc) is 2.78. The molecule has 116 valence electrons. The summed E-state index contributed by atoms with van der Waals surface area (Å²) in [5.41, 5.74) is -0.633. The molecule has 0 bridgehead atoms. The van der Waals surface area contributed by atoms with Crippen LogP contribution in [0.15, 0.2) is 0 Å². The third-order valence-corrected chi connectivity index (χ3v) is 4.48. The molecule has 1 saturated carbocycles. The number of amides is 1. The van der Waals surface area contributed by atoms with Crippen molar-refractivity contribution in [3.8, 4) is 0 Å². The summed E-state index contributed by atoms with van der Waals surface area (Å²) in [6.07, 6.45) is 4.33. The van der Waals surface area contributed by atoms with E-state index in [4.69, 9.17) is 4.74 Å². The quantitative estimate of drug-likeness (QED) is 0.746. The second kappa shape index (κ2) is 7.29. The molecular formula is C14H24BrNO4. The van der Waals surface area contributed by atoms with Gasteiger partial charge in [-0.3, -0.25) is 0 Å². The lowest BCUT2D eigenvalue weighted by Gasteiger charge is -2.24. The highest BCUT2D eigenvalue weighted by Crippen LogP contribution is 2.33. The van der Waals surface area contributed by atoms with Gasteiger partial charge in [-0.05, 0) is 46.0 Å². The fraction of sp³-hybridized carbons (Fsp3) is 0.857. The smallest absolute Gasteiger partial charge is 0.408 e. The van der Waals surface area contributed by atoms with Crippen molar-refractivity contribution < 1.29 is 19.4 Å². The predicted molar refractivity (Wildman–Crippen MR) is 80.1 cm³/mol. The van der Waals surface area contributed by atoms with Crippen LogP contribution in [0, 0.1) is 5.92 Å². The minimum absolute atomic E-state index is 0.112. The van der Waals surface area contributed by atoms with Crippen LogP contribution in [0.2, 0.25) is 0 Å². The molecule has 5 nitrogen and oxygen atoms in total. The first-order valence-electron chi connectivity index (χ1n) is 7.05. The molecule has 0 aromatic carbocycles. The van der Waals surface area contributed by atoms with Crippen LogP contribution in [0.5, 0.6) is 0 Å². The van der Waals surface area contributed by atoms with Crippen molar-refractivity contribution in [1.29, 1.82) is 0 Å². The molecule has 6 heteroatoms. The summed E-state index contributed by atoms with van der Waals surface area (Å²) in [5, 5.41) is 11.7. The number of aliphatic carboxylic acids is 1. The third kappa shape index (κ3) is 6.11. The second-order valence-corrected chi connectivity index (χ2v) is 7.51. The molecule has 0 aromatic heterocycles. The zero-order valence-corrected chi connectivity index (χ0v) is 13.9. The molecule has 0 aromatic rings. The van der Waals surface area contributed by atoms with Crippen LogP contribution < -0.4 is 5.32 Å². The molecule has 0 unspecified atom stereocenters. The number of nitrogens with one attached hydrogen (secondary N) is 1. The van der Waals surface area contributed by atoms with Crippen molar-refractivity contribution in [3.05, 3.63) is 0 Å². The summed E-state index contributed by atoms with van der Waals surface area (Å²) < 4.78 is 5.10. The lowest BCUT2D eigenvalue weighted by molar-refractivity contribution is -0.139. The van der Waals surface area contributed by atoms with E-state index in [1.54, 1.807) is 20.8 Å². The molecule has 0 heterocycles. The summed E-state index contributed by atoms with van der Waals surface area (Å²) in [6.45, 7) is 5.23. The van der Waals surface area contributed by atoms with Crippen molar-refractivity contribution in [1.82, 2.24) is 5.32 Å². The van der Waals surface area contributed by atoms with E-state index < -0.39 is 23.7 Å². The van der Waals surface area contributed by atoms with Crippen molar-refractivity contribution >= 4 is 28.0 Å². The van der Waals surface area contributed by atoms with Crippen LogP contribution in [-0.4, -0.2) is 33.6 Å². The second-order valence-electron chi connectivity index (χ2n) is 6.33. The Balaban J connectivity index is 2.51. The van der Waals surface area contributed by atoms with Crippen molar-refractivity contribution in [3.63, 3.8) is 0 Å². The molecule has 0 saturated heterocycles. The number of carbonyl (C=O) groups excluding carboxylic acids is 1. The van der Waals surface area contributed by atoms with Crippen LogP contribution in [0.3, 0.4) is 0 Å². The molecule has 2 atom stereocenters. The van der Waals surface area contributed by atoms with Gasteiger partial charge in [-0.15, -0.1) is 0 Å². The van der Waals surface area contributed by atoms with Crippen LogP contribution >= 0.6 is 15.9 Å². The van der Waals surface area contributed by atoms with Gasteiger partial charge in [0, 0.05) is 4.83 Å². The molecule has 1 amide bonds. The minimum Gasteiger partial charge on any atom is -0.480 e. The van der Waals surface area contributed by atoms with Crippen LogP contribution in [0.4, 0.5) is 4.79 Å². The Kier molecular flexibility index (Phi) is 6.30. The van der Waals surface area contributed by atoms with Gasteiger partial charge in [-0.25, -0.2) is 9.59 Å². The van der Waals surface area contributed by atoms with Gasteiger partial charge >= 0.3 is 12.1 Å². The molecular weight excluding hydrogens is 326 g/mol. The number of halogens is 1. The normalized spacial score (nSPS) is 19.4. The van der Waals surface area contributed by atoms with E-state index in [2.05, 4.69) is 21.2 Å². The first-order chi connectivity index (χ1) is 9.19. The zero-order valence-electron chi connectivity index (χ0n) is 12.3. The van der Waals surface area contributed by atoms with E-state index in [1.165, 1.54) is 12.8 Å². The van der Waals surface area contributed by atoms with Crippen LogP contribution in [0.1, 0.15) is 52.9 Å². The summed E-state index contributed by atoms with van der Waals surface area (Å²) in [4.78, 5) is 23.0. The maximum atomic E-state index is 11.7. The minimum atomic E-state index is -1.03. The zero-order chi connectivity index (χ0) is 15.3. The summed E-state index contributed by atoms with van der Waals surface area (Å²) >= 11 is 3.57. The van der Waals surface area contributed by atoms with Gasteiger partial charge in [0.2, 0.25) is 0 Å². The maximum Gasteiger partial charge on any atom is 0.408 e. The van der Waals surface area contributed by atoms with E-state index in [1.807, 2.05) is 0 Å². The Morgan fingerprint density at radius 3 is 2.35 bits per heavy atom. The molecule has 1 rings (SSSR count). The molecule has 1 fully saturated rings. The molecule has 0 radical (unpaired) electrons. The number of alkyl carbamates (subject to hydrolysis) is 1. The Morgan fingerprint density at radius 1 is 1.35 bits per heavy atom. The third-order valence-electron chi connectivity index (χ3n) is 3.36. The monoisotopic (exact) mass is 349 g/mol. The van der Waals surface area contributed by atoms with Gasteiger partial charge in [-0.2, -0.15) is 0 Å². The first kappa shape index (κ1) is 17.3.